The van der Waals surface area contributed by atoms with Gasteiger partial charge in [0.1, 0.15) is 6.33 Å². The van der Waals surface area contributed by atoms with Crippen molar-refractivity contribution in [2.75, 3.05) is 32.3 Å². The Kier molecular flexibility index (Phi) is 4.66. The lowest BCUT2D eigenvalue weighted by Crippen LogP contribution is -2.43. The van der Waals surface area contributed by atoms with Crippen molar-refractivity contribution < 1.29 is 9.47 Å². The molecular weight excluding hydrogens is 286 g/mol. The van der Waals surface area contributed by atoms with Crippen molar-refractivity contribution in [3.8, 4) is 5.88 Å². The highest BCUT2D eigenvalue weighted by atomic mass is 32.2. The van der Waals surface area contributed by atoms with Gasteiger partial charge in [-0.25, -0.2) is 9.97 Å². The summed E-state index contributed by atoms with van der Waals surface area (Å²) in [6, 6.07) is 2.17. The van der Waals surface area contributed by atoms with Crippen molar-refractivity contribution in [3.63, 3.8) is 0 Å². The van der Waals surface area contributed by atoms with E-state index >= 15 is 0 Å². The van der Waals surface area contributed by atoms with Gasteiger partial charge in [-0.05, 0) is 38.0 Å². The Bertz CT molecular complexity index is 480. The molecule has 0 radical (unpaired) electrons. The Labute approximate surface area is 130 Å². The van der Waals surface area contributed by atoms with Gasteiger partial charge in [-0.15, -0.1) is 0 Å². The summed E-state index contributed by atoms with van der Waals surface area (Å²) >= 11 is 2.01. The minimum absolute atomic E-state index is 0.0970. The number of methoxy groups -OCH3 is 1. The fourth-order valence-corrected chi connectivity index (χ4v) is 4.85. The molecule has 1 N–H and O–H groups in total. The Balaban J connectivity index is 1.78. The minimum atomic E-state index is 0.0970. The van der Waals surface area contributed by atoms with Gasteiger partial charge in [0.2, 0.25) is 5.88 Å². The van der Waals surface area contributed by atoms with Crippen molar-refractivity contribution in [1.82, 2.24) is 15.3 Å². The third kappa shape index (κ3) is 3.17. The molecule has 0 aromatic carbocycles. The Morgan fingerprint density at radius 1 is 1.52 bits per heavy atom. The largest absolute Gasteiger partial charge is 0.481 e. The lowest BCUT2D eigenvalue weighted by molar-refractivity contribution is -0.0852. The van der Waals surface area contributed by atoms with E-state index in [0.717, 1.165) is 30.9 Å². The van der Waals surface area contributed by atoms with E-state index in [1.54, 1.807) is 13.4 Å². The predicted molar refractivity (Wildman–Crippen MR) is 83.7 cm³/mol. The van der Waals surface area contributed by atoms with Gasteiger partial charge in [0.25, 0.3) is 0 Å². The maximum absolute atomic E-state index is 6.13. The number of nitrogens with one attached hydrogen (secondary N) is 1. The smallest absolute Gasteiger partial charge is 0.216 e. The van der Waals surface area contributed by atoms with E-state index in [1.807, 2.05) is 24.9 Å². The van der Waals surface area contributed by atoms with Crippen LogP contribution in [0.25, 0.3) is 0 Å². The van der Waals surface area contributed by atoms with E-state index in [0.29, 0.717) is 11.8 Å². The second-order valence-corrected chi connectivity index (χ2v) is 6.94. The first-order valence-corrected chi connectivity index (χ1v) is 8.67. The lowest BCUT2D eigenvalue weighted by atomic mass is 9.80. The van der Waals surface area contributed by atoms with Crippen LogP contribution in [-0.2, 0) is 4.74 Å². The molecule has 1 aromatic rings. The third-order valence-corrected chi connectivity index (χ3v) is 5.79. The molecule has 5 nitrogen and oxygen atoms in total. The van der Waals surface area contributed by atoms with Crippen LogP contribution in [0.2, 0.25) is 0 Å². The molecule has 0 aliphatic carbocycles. The summed E-state index contributed by atoms with van der Waals surface area (Å²) in [4.78, 5) is 8.55. The molecule has 2 aliphatic heterocycles. The normalized spacial score (nSPS) is 30.5. The standard InChI is InChI=1S/C15H23N3O2S/c1-16-14(12-7-13(19-2)18-10-17-12)11-3-5-20-15(8-11)4-6-21-9-15/h7,10-11,14,16H,3-6,8-9H2,1-2H3. The van der Waals surface area contributed by atoms with Crippen LogP contribution < -0.4 is 10.1 Å². The molecule has 3 unspecified atom stereocenters. The average molecular weight is 309 g/mol. The van der Waals surface area contributed by atoms with Gasteiger partial charge in [-0.2, -0.15) is 11.8 Å². The molecule has 2 aliphatic rings. The van der Waals surface area contributed by atoms with Crippen LogP contribution in [0.3, 0.4) is 0 Å². The Hall–Kier alpha value is -0.850. The maximum Gasteiger partial charge on any atom is 0.216 e. The minimum Gasteiger partial charge on any atom is -0.481 e. The molecule has 0 amide bonds. The Morgan fingerprint density at radius 2 is 2.43 bits per heavy atom. The van der Waals surface area contributed by atoms with Crippen molar-refractivity contribution in [3.05, 3.63) is 18.1 Å². The van der Waals surface area contributed by atoms with Crippen molar-refractivity contribution >= 4 is 11.8 Å². The van der Waals surface area contributed by atoms with Crippen LogP contribution in [0.1, 0.15) is 31.0 Å². The summed E-state index contributed by atoms with van der Waals surface area (Å²) in [6.45, 7) is 0.853. The van der Waals surface area contributed by atoms with Crippen LogP contribution in [0.5, 0.6) is 5.88 Å². The van der Waals surface area contributed by atoms with Gasteiger partial charge in [0.15, 0.2) is 0 Å². The van der Waals surface area contributed by atoms with Gasteiger partial charge >= 0.3 is 0 Å². The second kappa shape index (κ2) is 6.50. The Morgan fingerprint density at radius 3 is 3.14 bits per heavy atom. The zero-order valence-corrected chi connectivity index (χ0v) is 13.5. The predicted octanol–water partition coefficient (Wildman–Crippen LogP) is 2.05. The van der Waals surface area contributed by atoms with Gasteiger partial charge in [0, 0.05) is 18.4 Å². The number of rotatable bonds is 4. The number of ether oxygens (including phenoxy) is 2. The first kappa shape index (κ1) is 15.1. The molecule has 0 saturated carbocycles. The summed E-state index contributed by atoms with van der Waals surface area (Å²) in [7, 11) is 3.64. The summed E-state index contributed by atoms with van der Waals surface area (Å²) < 4.78 is 11.3. The zero-order valence-electron chi connectivity index (χ0n) is 12.7. The fourth-order valence-electron chi connectivity index (χ4n) is 3.47. The first-order chi connectivity index (χ1) is 10.3. The number of nitrogens with zero attached hydrogens (tertiary/aromatic N) is 2. The highest BCUT2D eigenvalue weighted by Gasteiger charge is 2.42. The van der Waals surface area contributed by atoms with Gasteiger partial charge in [0.05, 0.1) is 24.4 Å². The van der Waals surface area contributed by atoms with Crippen LogP contribution in [-0.4, -0.2) is 47.8 Å². The molecule has 1 aromatic heterocycles. The van der Waals surface area contributed by atoms with Gasteiger partial charge in [-0.1, -0.05) is 0 Å². The summed E-state index contributed by atoms with van der Waals surface area (Å²) in [5, 5.41) is 3.44. The van der Waals surface area contributed by atoms with Crippen molar-refractivity contribution in [1.29, 1.82) is 0 Å². The fraction of sp³-hybridized carbons (Fsp3) is 0.733. The number of hydrogen-bond acceptors (Lipinski definition) is 6. The van der Waals surface area contributed by atoms with E-state index in [-0.39, 0.29) is 11.6 Å². The highest BCUT2D eigenvalue weighted by molar-refractivity contribution is 7.99. The SMILES string of the molecule is CNC(c1cc(OC)ncn1)C1CCOC2(CCSC2)C1. The number of aromatic nitrogens is 2. The van der Waals surface area contributed by atoms with Crippen molar-refractivity contribution in [2.24, 2.45) is 5.92 Å². The van der Waals surface area contributed by atoms with Crippen LogP contribution in [0.4, 0.5) is 0 Å². The topological polar surface area (TPSA) is 56.3 Å². The average Bonchev–Trinajstić information content (AvgIpc) is 2.96. The summed E-state index contributed by atoms with van der Waals surface area (Å²) in [5.41, 5.74) is 1.11. The van der Waals surface area contributed by atoms with E-state index < -0.39 is 0 Å². The molecule has 21 heavy (non-hydrogen) atoms. The van der Waals surface area contributed by atoms with E-state index in [9.17, 15) is 0 Å². The lowest BCUT2D eigenvalue weighted by Gasteiger charge is -2.40. The summed E-state index contributed by atoms with van der Waals surface area (Å²) in [5.74, 6) is 3.52. The van der Waals surface area contributed by atoms with Crippen LogP contribution in [0, 0.1) is 5.92 Å². The maximum atomic E-state index is 6.13. The number of hydrogen-bond donors (Lipinski definition) is 1. The first-order valence-electron chi connectivity index (χ1n) is 7.51. The molecule has 6 heteroatoms. The van der Waals surface area contributed by atoms with Crippen LogP contribution >= 0.6 is 11.8 Å². The quantitative estimate of drug-likeness (QED) is 0.918. The van der Waals surface area contributed by atoms with E-state index in [1.165, 1.54) is 12.2 Å². The molecule has 0 bridgehead atoms. The molecule has 3 heterocycles. The number of thioether (sulfide) groups is 1. The molecule has 3 atom stereocenters. The highest BCUT2D eigenvalue weighted by Crippen LogP contribution is 2.43. The molecular formula is C15H23N3O2S. The molecule has 2 saturated heterocycles. The molecule has 3 rings (SSSR count). The summed E-state index contributed by atoms with van der Waals surface area (Å²) in [6.07, 6.45) is 4.94. The van der Waals surface area contributed by atoms with Gasteiger partial charge in [-0.3, -0.25) is 0 Å². The van der Waals surface area contributed by atoms with Crippen LogP contribution in [0.15, 0.2) is 12.4 Å². The molecule has 116 valence electrons. The van der Waals surface area contributed by atoms with Crippen molar-refractivity contribution in [2.45, 2.75) is 30.9 Å². The molecule has 2 fully saturated rings. The zero-order chi connectivity index (χ0) is 14.7. The monoisotopic (exact) mass is 309 g/mol. The van der Waals surface area contributed by atoms with Gasteiger partial charge < -0.3 is 14.8 Å². The van der Waals surface area contributed by atoms with E-state index in [2.05, 4.69) is 15.3 Å². The molecule has 1 spiro atoms. The third-order valence-electron chi connectivity index (χ3n) is 4.57. The van der Waals surface area contributed by atoms with E-state index in [4.69, 9.17) is 9.47 Å². The second-order valence-electron chi connectivity index (χ2n) is 5.84.